The predicted octanol–water partition coefficient (Wildman–Crippen LogP) is 3.10. The second kappa shape index (κ2) is 7.53. The molecule has 6 heteroatoms. The molecule has 6 nitrogen and oxygen atoms in total. The van der Waals surface area contributed by atoms with E-state index in [2.05, 4.69) is 5.32 Å². The molecular formula is C21H19NO5. The molecule has 0 radical (unpaired) electrons. The topological polar surface area (TPSA) is 73.9 Å². The van der Waals surface area contributed by atoms with Gasteiger partial charge in [-0.15, -0.1) is 0 Å². The molecule has 1 aliphatic heterocycles. The first-order chi connectivity index (χ1) is 13.2. The van der Waals surface area contributed by atoms with Crippen LogP contribution in [0, 0.1) is 0 Å². The van der Waals surface area contributed by atoms with Crippen molar-refractivity contribution < 1.29 is 23.8 Å². The summed E-state index contributed by atoms with van der Waals surface area (Å²) in [6.45, 7) is -0.134. The summed E-state index contributed by atoms with van der Waals surface area (Å²) in [6.07, 6.45) is 6.17. The molecule has 138 valence electrons. The second-order valence-corrected chi connectivity index (χ2v) is 6.44. The van der Waals surface area contributed by atoms with Gasteiger partial charge in [-0.2, -0.15) is 0 Å². The smallest absolute Gasteiger partial charge is 0.331 e. The maximum Gasteiger partial charge on any atom is 0.331 e. The van der Waals surface area contributed by atoms with Gasteiger partial charge in [-0.25, -0.2) is 4.79 Å². The minimum atomic E-state index is -0.586. The molecule has 1 heterocycles. The van der Waals surface area contributed by atoms with Crippen LogP contribution in [-0.2, 0) is 27.2 Å². The van der Waals surface area contributed by atoms with Crippen LogP contribution in [0.1, 0.15) is 23.1 Å². The molecule has 2 aromatic carbocycles. The molecular weight excluding hydrogens is 346 g/mol. The van der Waals surface area contributed by atoms with Gasteiger partial charge in [-0.1, -0.05) is 12.1 Å². The molecule has 2 aliphatic rings. The number of benzene rings is 2. The molecule has 0 atom stereocenters. The normalized spacial score (nSPS) is 14.2. The SMILES string of the molecule is O=C(COC(=O)/C=C/c1ccc2c(c1)OCO2)Nc1ccc2c(c1)CCC2. The van der Waals surface area contributed by atoms with Gasteiger partial charge in [-0.3, -0.25) is 4.79 Å². The Morgan fingerprint density at radius 3 is 2.81 bits per heavy atom. The Bertz CT molecular complexity index is 919. The van der Waals surface area contributed by atoms with Crippen LogP contribution in [0.4, 0.5) is 5.69 Å². The lowest BCUT2D eigenvalue weighted by Gasteiger charge is -2.07. The fourth-order valence-electron chi connectivity index (χ4n) is 3.21. The average Bonchev–Trinajstić information content (AvgIpc) is 3.32. The van der Waals surface area contributed by atoms with Crippen molar-refractivity contribution in [2.45, 2.75) is 19.3 Å². The van der Waals surface area contributed by atoms with E-state index in [1.54, 1.807) is 24.3 Å². The highest BCUT2D eigenvalue weighted by molar-refractivity contribution is 5.94. The van der Waals surface area contributed by atoms with Gasteiger partial charge in [-0.05, 0) is 66.3 Å². The summed E-state index contributed by atoms with van der Waals surface area (Å²) in [4.78, 5) is 23.8. The van der Waals surface area contributed by atoms with Crippen LogP contribution in [0.25, 0.3) is 6.08 Å². The maximum absolute atomic E-state index is 12.0. The summed E-state index contributed by atoms with van der Waals surface area (Å²) < 4.78 is 15.5. The number of ether oxygens (including phenoxy) is 3. The van der Waals surface area contributed by atoms with Crippen molar-refractivity contribution in [2.75, 3.05) is 18.7 Å². The van der Waals surface area contributed by atoms with Crippen molar-refractivity contribution >= 4 is 23.6 Å². The number of carbonyl (C=O) groups excluding carboxylic acids is 2. The maximum atomic E-state index is 12.0. The van der Waals surface area contributed by atoms with Crippen LogP contribution >= 0.6 is 0 Å². The van der Waals surface area contributed by atoms with Crippen LogP contribution in [0.3, 0.4) is 0 Å². The number of aryl methyl sites for hydroxylation is 2. The molecule has 2 aromatic rings. The van der Waals surface area contributed by atoms with Crippen LogP contribution < -0.4 is 14.8 Å². The van der Waals surface area contributed by atoms with E-state index in [1.807, 2.05) is 18.2 Å². The van der Waals surface area contributed by atoms with Gasteiger partial charge in [0.1, 0.15) is 0 Å². The summed E-state index contributed by atoms with van der Waals surface area (Å²) >= 11 is 0. The first-order valence-electron chi connectivity index (χ1n) is 8.83. The lowest BCUT2D eigenvalue weighted by Crippen LogP contribution is -2.20. The molecule has 0 saturated carbocycles. The summed E-state index contributed by atoms with van der Waals surface area (Å²) in [5, 5.41) is 2.76. The minimum Gasteiger partial charge on any atom is -0.454 e. The molecule has 0 unspecified atom stereocenters. The van der Waals surface area contributed by atoms with Crippen LogP contribution in [-0.4, -0.2) is 25.3 Å². The molecule has 0 fully saturated rings. The van der Waals surface area contributed by atoms with Gasteiger partial charge in [0.05, 0.1) is 0 Å². The Kier molecular flexibility index (Phi) is 4.78. The van der Waals surface area contributed by atoms with Gasteiger partial charge in [0.15, 0.2) is 18.1 Å². The number of hydrogen-bond acceptors (Lipinski definition) is 5. The second-order valence-electron chi connectivity index (χ2n) is 6.44. The van der Waals surface area contributed by atoms with E-state index in [4.69, 9.17) is 14.2 Å². The molecule has 0 aromatic heterocycles. The number of fused-ring (bicyclic) bond motifs is 2. The number of rotatable bonds is 5. The molecule has 1 aliphatic carbocycles. The first-order valence-corrected chi connectivity index (χ1v) is 8.83. The molecule has 1 N–H and O–H groups in total. The number of anilines is 1. The van der Waals surface area contributed by atoms with E-state index < -0.39 is 5.97 Å². The third kappa shape index (κ3) is 4.11. The summed E-state index contributed by atoms with van der Waals surface area (Å²) in [7, 11) is 0. The Morgan fingerprint density at radius 1 is 1.04 bits per heavy atom. The van der Waals surface area contributed by atoms with Crippen LogP contribution in [0.2, 0.25) is 0 Å². The average molecular weight is 365 g/mol. The third-order valence-corrected chi connectivity index (χ3v) is 4.54. The van der Waals surface area contributed by atoms with Crippen molar-refractivity contribution in [2.24, 2.45) is 0 Å². The summed E-state index contributed by atoms with van der Waals surface area (Å²) in [5.41, 5.74) is 4.12. The van der Waals surface area contributed by atoms with Crippen molar-refractivity contribution in [3.63, 3.8) is 0 Å². The van der Waals surface area contributed by atoms with E-state index >= 15 is 0 Å². The highest BCUT2D eigenvalue weighted by atomic mass is 16.7. The number of hydrogen-bond donors (Lipinski definition) is 1. The standard InChI is InChI=1S/C21H19NO5/c23-20(22-17-7-6-15-2-1-3-16(15)11-17)12-25-21(24)9-5-14-4-8-18-19(10-14)27-13-26-18/h4-11H,1-3,12-13H2,(H,22,23)/b9-5+. The summed E-state index contributed by atoms with van der Waals surface area (Å²) in [5.74, 6) is 0.367. The van der Waals surface area contributed by atoms with E-state index in [-0.39, 0.29) is 19.3 Å². The molecule has 27 heavy (non-hydrogen) atoms. The zero-order chi connectivity index (χ0) is 18.6. The van der Waals surface area contributed by atoms with Gasteiger partial charge in [0, 0.05) is 11.8 Å². The fraction of sp³-hybridized carbons (Fsp3) is 0.238. The number of esters is 1. The minimum absolute atomic E-state index is 0.198. The van der Waals surface area contributed by atoms with Crippen molar-refractivity contribution in [3.8, 4) is 11.5 Å². The number of nitrogens with one attached hydrogen (secondary N) is 1. The lowest BCUT2D eigenvalue weighted by atomic mass is 10.1. The molecule has 0 bridgehead atoms. The van der Waals surface area contributed by atoms with Crippen molar-refractivity contribution in [1.29, 1.82) is 0 Å². The Balaban J connectivity index is 1.27. The van der Waals surface area contributed by atoms with Crippen molar-refractivity contribution in [1.82, 2.24) is 0 Å². The zero-order valence-electron chi connectivity index (χ0n) is 14.7. The zero-order valence-corrected chi connectivity index (χ0v) is 14.7. The van der Waals surface area contributed by atoms with E-state index in [1.165, 1.54) is 17.2 Å². The number of carbonyl (C=O) groups is 2. The van der Waals surface area contributed by atoms with Crippen LogP contribution in [0.15, 0.2) is 42.5 Å². The van der Waals surface area contributed by atoms with Gasteiger partial charge < -0.3 is 19.5 Å². The summed E-state index contributed by atoms with van der Waals surface area (Å²) in [6, 6.07) is 11.3. The van der Waals surface area contributed by atoms with E-state index in [0.717, 1.165) is 30.5 Å². The van der Waals surface area contributed by atoms with E-state index in [9.17, 15) is 9.59 Å². The predicted molar refractivity (Wildman–Crippen MR) is 99.7 cm³/mol. The van der Waals surface area contributed by atoms with Crippen molar-refractivity contribution in [3.05, 3.63) is 59.2 Å². The van der Waals surface area contributed by atoms with Gasteiger partial charge in [0.2, 0.25) is 6.79 Å². The quantitative estimate of drug-likeness (QED) is 0.651. The molecule has 1 amide bonds. The van der Waals surface area contributed by atoms with Gasteiger partial charge >= 0.3 is 5.97 Å². The van der Waals surface area contributed by atoms with Gasteiger partial charge in [0.25, 0.3) is 5.91 Å². The first kappa shape index (κ1) is 17.1. The fourth-order valence-corrected chi connectivity index (χ4v) is 3.21. The molecule has 4 rings (SSSR count). The Hall–Kier alpha value is -3.28. The highest BCUT2D eigenvalue weighted by Gasteiger charge is 2.13. The molecule has 0 saturated heterocycles. The Labute approximate surface area is 156 Å². The molecule has 0 spiro atoms. The van der Waals surface area contributed by atoms with Crippen LogP contribution in [0.5, 0.6) is 11.5 Å². The third-order valence-electron chi connectivity index (χ3n) is 4.54. The lowest BCUT2D eigenvalue weighted by molar-refractivity contribution is -0.142. The van der Waals surface area contributed by atoms with E-state index in [0.29, 0.717) is 11.5 Å². The monoisotopic (exact) mass is 365 g/mol. The largest absolute Gasteiger partial charge is 0.454 e. The highest BCUT2D eigenvalue weighted by Crippen LogP contribution is 2.32. The Morgan fingerprint density at radius 2 is 1.89 bits per heavy atom. The number of amides is 1.